The molecule has 0 heterocycles. The van der Waals surface area contributed by atoms with Crippen molar-refractivity contribution in [3.05, 3.63) is 35.1 Å². The van der Waals surface area contributed by atoms with E-state index >= 15 is 0 Å². The average molecular weight is 252 g/mol. The van der Waals surface area contributed by atoms with E-state index in [1.165, 1.54) is 26.6 Å². The fraction of sp³-hybridized carbons (Fsp3) is 0.385. The third-order valence-electron chi connectivity index (χ3n) is 2.42. The van der Waals surface area contributed by atoms with Gasteiger partial charge in [-0.15, -0.1) is 0 Å². The van der Waals surface area contributed by atoms with E-state index in [2.05, 4.69) is 9.47 Å². The average Bonchev–Trinajstić information content (AvgIpc) is 2.42. The molecule has 0 aromatic rings. The Balaban J connectivity index is 3.03. The van der Waals surface area contributed by atoms with Crippen LogP contribution in [-0.2, 0) is 23.8 Å². The molecule has 5 heteroatoms. The maximum absolute atomic E-state index is 11.6. The fourth-order valence-electron chi connectivity index (χ4n) is 1.52. The normalized spacial score (nSPS) is 16.7. The standard InChI is InChI=1S/C13H16O5/c1-4-18-8-10-7-9(12(14)16-2)5-6-11(10)13(15)17-3/h5-6,8H,4,7H2,1-3H3. The fourth-order valence-corrected chi connectivity index (χ4v) is 1.52. The number of ether oxygens (including phenoxy) is 3. The van der Waals surface area contributed by atoms with Crippen LogP contribution >= 0.6 is 0 Å². The number of carbonyl (C=O) groups is 2. The summed E-state index contributed by atoms with van der Waals surface area (Å²) in [4.78, 5) is 23.0. The lowest BCUT2D eigenvalue weighted by Gasteiger charge is -2.15. The topological polar surface area (TPSA) is 61.8 Å². The summed E-state index contributed by atoms with van der Waals surface area (Å²) >= 11 is 0. The van der Waals surface area contributed by atoms with Crippen molar-refractivity contribution in [3.63, 3.8) is 0 Å². The summed E-state index contributed by atoms with van der Waals surface area (Å²) in [7, 11) is 2.62. The number of rotatable bonds is 4. The van der Waals surface area contributed by atoms with Gasteiger partial charge in [-0.3, -0.25) is 0 Å². The van der Waals surface area contributed by atoms with Crippen LogP contribution in [-0.4, -0.2) is 32.8 Å². The summed E-state index contributed by atoms with van der Waals surface area (Å²) in [5.41, 5.74) is 1.46. The Kier molecular flexibility index (Phi) is 5.17. The molecule has 0 saturated carbocycles. The largest absolute Gasteiger partial charge is 0.501 e. The molecule has 0 aliphatic heterocycles. The second-order valence-corrected chi connectivity index (χ2v) is 3.53. The molecule has 0 spiro atoms. The Morgan fingerprint density at radius 3 is 2.44 bits per heavy atom. The summed E-state index contributed by atoms with van der Waals surface area (Å²) in [6.45, 7) is 2.31. The molecule has 98 valence electrons. The highest BCUT2D eigenvalue weighted by molar-refractivity contribution is 5.97. The van der Waals surface area contributed by atoms with E-state index in [4.69, 9.17) is 4.74 Å². The molecule has 0 aromatic heterocycles. The minimum absolute atomic E-state index is 0.285. The van der Waals surface area contributed by atoms with Gasteiger partial charge in [0, 0.05) is 17.6 Å². The number of hydrogen-bond acceptors (Lipinski definition) is 5. The van der Waals surface area contributed by atoms with Gasteiger partial charge in [-0.2, -0.15) is 0 Å². The SMILES string of the molecule is CCOC=C1CC(C(=O)OC)=CC=C1C(=O)OC. The third kappa shape index (κ3) is 3.23. The maximum Gasteiger partial charge on any atom is 0.338 e. The lowest BCUT2D eigenvalue weighted by molar-refractivity contribution is -0.137. The van der Waals surface area contributed by atoms with E-state index in [-0.39, 0.29) is 6.42 Å². The minimum Gasteiger partial charge on any atom is -0.501 e. The first-order valence-corrected chi connectivity index (χ1v) is 5.52. The monoisotopic (exact) mass is 252 g/mol. The molecule has 18 heavy (non-hydrogen) atoms. The summed E-state index contributed by atoms with van der Waals surface area (Å²) in [5, 5.41) is 0. The van der Waals surface area contributed by atoms with Gasteiger partial charge in [0.25, 0.3) is 0 Å². The minimum atomic E-state index is -0.457. The summed E-state index contributed by atoms with van der Waals surface area (Å²) in [6, 6.07) is 0. The molecule has 1 aliphatic rings. The molecule has 0 aromatic carbocycles. The van der Waals surface area contributed by atoms with Gasteiger partial charge in [-0.05, 0) is 13.0 Å². The first kappa shape index (κ1) is 14.0. The van der Waals surface area contributed by atoms with Crippen molar-refractivity contribution in [3.8, 4) is 0 Å². The molecule has 0 radical (unpaired) electrons. The van der Waals surface area contributed by atoms with Crippen molar-refractivity contribution in [2.24, 2.45) is 0 Å². The molecule has 0 amide bonds. The molecule has 0 bridgehead atoms. The highest BCUT2D eigenvalue weighted by Gasteiger charge is 2.23. The molecule has 0 saturated heterocycles. The Morgan fingerprint density at radius 1 is 1.22 bits per heavy atom. The molecule has 0 unspecified atom stereocenters. The molecule has 0 atom stereocenters. The van der Waals surface area contributed by atoms with Crippen LogP contribution in [0.15, 0.2) is 35.1 Å². The van der Waals surface area contributed by atoms with Crippen molar-refractivity contribution < 1.29 is 23.8 Å². The van der Waals surface area contributed by atoms with Crippen LogP contribution in [0.2, 0.25) is 0 Å². The van der Waals surface area contributed by atoms with Crippen LogP contribution in [0.4, 0.5) is 0 Å². The zero-order chi connectivity index (χ0) is 13.5. The number of esters is 2. The smallest absolute Gasteiger partial charge is 0.338 e. The van der Waals surface area contributed by atoms with Gasteiger partial charge in [-0.1, -0.05) is 6.08 Å². The molecule has 0 N–H and O–H groups in total. The van der Waals surface area contributed by atoms with Crippen molar-refractivity contribution >= 4 is 11.9 Å². The van der Waals surface area contributed by atoms with Gasteiger partial charge in [0.1, 0.15) is 0 Å². The number of methoxy groups -OCH3 is 2. The van der Waals surface area contributed by atoms with Gasteiger partial charge < -0.3 is 14.2 Å². The van der Waals surface area contributed by atoms with Crippen molar-refractivity contribution in [2.75, 3.05) is 20.8 Å². The Hall–Kier alpha value is -2.04. The van der Waals surface area contributed by atoms with Crippen LogP contribution in [0.1, 0.15) is 13.3 Å². The van der Waals surface area contributed by atoms with Crippen LogP contribution in [0, 0.1) is 0 Å². The van der Waals surface area contributed by atoms with Gasteiger partial charge in [0.05, 0.1) is 32.7 Å². The van der Waals surface area contributed by atoms with Crippen LogP contribution in [0.3, 0.4) is 0 Å². The van der Waals surface area contributed by atoms with E-state index in [9.17, 15) is 9.59 Å². The summed E-state index contributed by atoms with van der Waals surface area (Å²) in [6.07, 6.45) is 4.85. The number of allylic oxidation sites excluding steroid dienone is 2. The lowest BCUT2D eigenvalue weighted by atomic mass is 9.93. The van der Waals surface area contributed by atoms with Crippen LogP contribution in [0.25, 0.3) is 0 Å². The van der Waals surface area contributed by atoms with E-state index in [1.807, 2.05) is 6.92 Å². The van der Waals surface area contributed by atoms with Gasteiger partial charge in [-0.25, -0.2) is 9.59 Å². The molecular weight excluding hydrogens is 236 g/mol. The Labute approximate surface area is 106 Å². The molecule has 1 aliphatic carbocycles. The predicted octanol–water partition coefficient (Wildman–Crippen LogP) is 1.51. The maximum atomic E-state index is 11.6. The molecule has 0 fully saturated rings. The van der Waals surface area contributed by atoms with Crippen LogP contribution < -0.4 is 0 Å². The van der Waals surface area contributed by atoms with Gasteiger partial charge in [0.2, 0.25) is 0 Å². The molecule has 5 nitrogen and oxygen atoms in total. The zero-order valence-corrected chi connectivity index (χ0v) is 10.7. The quantitative estimate of drug-likeness (QED) is 0.560. The molecule has 1 rings (SSSR count). The Morgan fingerprint density at radius 2 is 1.89 bits per heavy atom. The van der Waals surface area contributed by atoms with E-state index in [0.29, 0.717) is 23.3 Å². The highest BCUT2D eigenvalue weighted by atomic mass is 16.5. The number of hydrogen-bond donors (Lipinski definition) is 0. The first-order chi connectivity index (χ1) is 8.63. The van der Waals surface area contributed by atoms with Crippen molar-refractivity contribution in [1.82, 2.24) is 0 Å². The lowest BCUT2D eigenvalue weighted by Crippen LogP contribution is -2.14. The van der Waals surface area contributed by atoms with E-state index < -0.39 is 11.9 Å². The van der Waals surface area contributed by atoms with Crippen molar-refractivity contribution in [1.29, 1.82) is 0 Å². The summed E-state index contributed by atoms with van der Waals surface area (Å²) in [5.74, 6) is -0.876. The van der Waals surface area contributed by atoms with E-state index in [0.717, 1.165) is 0 Å². The third-order valence-corrected chi connectivity index (χ3v) is 2.42. The predicted molar refractivity (Wildman–Crippen MR) is 64.5 cm³/mol. The van der Waals surface area contributed by atoms with Crippen molar-refractivity contribution in [2.45, 2.75) is 13.3 Å². The first-order valence-electron chi connectivity index (χ1n) is 5.52. The van der Waals surface area contributed by atoms with Gasteiger partial charge >= 0.3 is 11.9 Å². The van der Waals surface area contributed by atoms with Gasteiger partial charge in [0.15, 0.2) is 0 Å². The molecular formula is C13H16O5. The second kappa shape index (κ2) is 6.64. The Bertz CT molecular complexity index is 429. The summed E-state index contributed by atoms with van der Waals surface area (Å²) < 4.78 is 14.5. The van der Waals surface area contributed by atoms with E-state index in [1.54, 1.807) is 6.08 Å². The number of carbonyl (C=O) groups excluding carboxylic acids is 2. The highest BCUT2D eigenvalue weighted by Crippen LogP contribution is 2.26. The zero-order valence-electron chi connectivity index (χ0n) is 10.7. The van der Waals surface area contributed by atoms with Crippen LogP contribution in [0.5, 0.6) is 0 Å². The second-order valence-electron chi connectivity index (χ2n) is 3.53.